The second kappa shape index (κ2) is 7.45. The van der Waals surface area contributed by atoms with E-state index in [0.717, 1.165) is 0 Å². The Kier molecular flexibility index (Phi) is 5.09. The predicted molar refractivity (Wildman–Crippen MR) is 92.0 cm³/mol. The van der Waals surface area contributed by atoms with Crippen LogP contribution in [0.5, 0.6) is 5.75 Å². The van der Waals surface area contributed by atoms with E-state index < -0.39 is 23.5 Å². The molecule has 2 heterocycles. The van der Waals surface area contributed by atoms with Crippen LogP contribution in [0.3, 0.4) is 0 Å². The van der Waals surface area contributed by atoms with Crippen LogP contribution in [0.1, 0.15) is 22.2 Å². The van der Waals surface area contributed by atoms with Gasteiger partial charge in [-0.2, -0.15) is 0 Å². The quantitative estimate of drug-likeness (QED) is 0.766. The summed E-state index contributed by atoms with van der Waals surface area (Å²) in [6.45, 7) is 0.484. The first-order valence-electron chi connectivity index (χ1n) is 8.03. The standard InChI is InChI=1S/C19H19NO6/c1-24-10-8-20-16(12-5-3-6-13(11-12)25-2)15(18(22)19(20)23)17(21)14-7-4-9-26-14/h3-7,9,11,16,22H,8,10H2,1-2H3/t16-/m0/s1. The molecule has 0 aliphatic carbocycles. The molecule has 0 fully saturated rings. The number of hydrogen-bond acceptors (Lipinski definition) is 6. The van der Waals surface area contributed by atoms with Crippen LogP contribution in [-0.4, -0.2) is 49.1 Å². The van der Waals surface area contributed by atoms with E-state index >= 15 is 0 Å². The molecule has 0 spiro atoms. The summed E-state index contributed by atoms with van der Waals surface area (Å²) in [6.07, 6.45) is 1.37. The zero-order chi connectivity index (χ0) is 18.7. The van der Waals surface area contributed by atoms with Gasteiger partial charge in [-0.15, -0.1) is 0 Å². The van der Waals surface area contributed by atoms with Crippen molar-refractivity contribution in [2.24, 2.45) is 0 Å². The highest BCUT2D eigenvalue weighted by molar-refractivity contribution is 6.15. The van der Waals surface area contributed by atoms with E-state index in [4.69, 9.17) is 13.9 Å². The molecule has 136 valence electrons. The molecule has 0 bridgehead atoms. The fourth-order valence-corrected chi connectivity index (χ4v) is 3.00. The van der Waals surface area contributed by atoms with Gasteiger partial charge in [-0.1, -0.05) is 12.1 Å². The number of amides is 1. The van der Waals surface area contributed by atoms with Crippen molar-refractivity contribution >= 4 is 11.7 Å². The topological polar surface area (TPSA) is 89.2 Å². The first-order chi connectivity index (χ1) is 12.6. The van der Waals surface area contributed by atoms with Crippen molar-refractivity contribution in [3.63, 3.8) is 0 Å². The number of aliphatic hydroxyl groups excluding tert-OH is 1. The van der Waals surface area contributed by atoms with Crippen LogP contribution in [0, 0.1) is 0 Å². The van der Waals surface area contributed by atoms with Crippen molar-refractivity contribution in [1.82, 2.24) is 4.90 Å². The van der Waals surface area contributed by atoms with Crippen LogP contribution in [0.15, 0.2) is 58.4 Å². The molecule has 0 saturated carbocycles. The Balaban J connectivity index is 2.08. The molecule has 0 saturated heterocycles. The van der Waals surface area contributed by atoms with E-state index in [1.54, 1.807) is 30.3 Å². The molecule has 7 heteroatoms. The molecule has 1 amide bonds. The third-order valence-corrected chi connectivity index (χ3v) is 4.24. The van der Waals surface area contributed by atoms with Crippen LogP contribution in [0.4, 0.5) is 0 Å². The second-order valence-corrected chi connectivity index (χ2v) is 5.74. The van der Waals surface area contributed by atoms with Gasteiger partial charge in [0, 0.05) is 13.7 Å². The minimum Gasteiger partial charge on any atom is -0.503 e. The Hall–Kier alpha value is -3.06. The summed E-state index contributed by atoms with van der Waals surface area (Å²) in [4.78, 5) is 26.9. The normalized spacial score (nSPS) is 17.1. The van der Waals surface area contributed by atoms with Gasteiger partial charge in [0.25, 0.3) is 5.91 Å². The number of hydrogen-bond donors (Lipinski definition) is 1. The molecule has 0 radical (unpaired) electrons. The number of aliphatic hydroxyl groups is 1. The van der Waals surface area contributed by atoms with Gasteiger partial charge in [0.15, 0.2) is 11.5 Å². The first kappa shape index (κ1) is 17.8. The molecule has 7 nitrogen and oxygen atoms in total. The Morgan fingerprint density at radius 1 is 1.27 bits per heavy atom. The third-order valence-electron chi connectivity index (χ3n) is 4.24. The number of ketones is 1. The van der Waals surface area contributed by atoms with Crippen LogP contribution in [0.2, 0.25) is 0 Å². The Bertz CT molecular complexity index is 839. The molecule has 3 rings (SSSR count). The molecule has 1 aromatic carbocycles. The van der Waals surface area contributed by atoms with Gasteiger partial charge in [-0.05, 0) is 29.8 Å². The van der Waals surface area contributed by atoms with Crippen LogP contribution in [-0.2, 0) is 9.53 Å². The zero-order valence-electron chi connectivity index (χ0n) is 14.5. The molecule has 1 atom stereocenters. The average Bonchev–Trinajstić information content (AvgIpc) is 3.28. The van der Waals surface area contributed by atoms with Gasteiger partial charge in [-0.3, -0.25) is 9.59 Å². The summed E-state index contributed by atoms with van der Waals surface area (Å²) in [5.74, 6) is -1.09. The van der Waals surface area contributed by atoms with Crippen molar-refractivity contribution in [2.45, 2.75) is 6.04 Å². The highest BCUT2D eigenvalue weighted by Gasteiger charge is 2.44. The summed E-state index contributed by atoms with van der Waals surface area (Å²) in [6, 6.07) is 9.33. The minimum atomic E-state index is -0.759. The summed E-state index contributed by atoms with van der Waals surface area (Å²) in [5.41, 5.74) is 0.627. The van der Waals surface area contributed by atoms with Gasteiger partial charge in [0.2, 0.25) is 5.78 Å². The first-order valence-corrected chi connectivity index (χ1v) is 8.03. The summed E-state index contributed by atoms with van der Waals surface area (Å²) >= 11 is 0. The molecular formula is C19H19NO6. The van der Waals surface area contributed by atoms with E-state index in [1.807, 2.05) is 0 Å². The largest absolute Gasteiger partial charge is 0.503 e. The number of benzene rings is 1. The van der Waals surface area contributed by atoms with Crippen molar-refractivity contribution in [3.05, 3.63) is 65.3 Å². The van der Waals surface area contributed by atoms with Crippen molar-refractivity contribution in [3.8, 4) is 5.75 Å². The Morgan fingerprint density at radius 3 is 2.73 bits per heavy atom. The van der Waals surface area contributed by atoms with Crippen LogP contribution >= 0.6 is 0 Å². The highest BCUT2D eigenvalue weighted by atomic mass is 16.5. The van der Waals surface area contributed by atoms with E-state index in [2.05, 4.69) is 0 Å². The smallest absolute Gasteiger partial charge is 0.290 e. The lowest BCUT2D eigenvalue weighted by Crippen LogP contribution is -2.34. The lowest BCUT2D eigenvalue weighted by atomic mass is 9.95. The van der Waals surface area contributed by atoms with Crippen LogP contribution in [0.25, 0.3) is 0 Å². The van der Waals surface area contributed by atoms with Gasteiger partial charge in [0.05, 0.1) is 31.6 Å². The van der Waals surface area contributed by atoms with Crippen LogP contribution < -0.4 is 4.74 Å². The monoisotopic (exact) mass is 357 g/mol. The molecule has 1 aromatic heterocycles. The average molecular weight is 357 g/mol. The van der Waals surface area contributed by atoms with Gasteiger partial charge < -0.3 is 23.9 Å². The van der Waals surface area contributed by atoms with Gasteiger partial charge >= 0.3 is 0 Å². The minimum absolute atomic E-state index is 0.0192. The highest BCUT2D eigenvalue weighted by Crippen LogP contribution is 2.39. The summed E-state index contributed by atoms with van der Waals surface area (Å²) in [5, 5.41) is 10.4. The van der Waals surface area contributed by atoms with Gasteiger partial charge in [-0.25, -0.2) is 0 Å². The Morgan fingerprint density at radius 2 is 2.08 bits per heavy atom. The van der Waals surface area contributed by atoms with E-state index in [0.29, 0.717) is 11.3 Å². The number of methoxy groups -OCH3 is 2. The molecule has 2 aromatic rings. The maximum Gasteiger partial charge on any atom is 0.290 e. The number of carbonyl (C=O) groups excluding carboxylic acids is 2. The lowest BCUT2D eigenvalue weighted by Gasteiger charge is -2.26. The molecular weight excluding hydrogens is 338 g/mol. The number of furan rings is 1. The van der Waals surface area contributed by atoms with E-state index in [1.165, 1.54) is 31.4 Å². The predicted octanol–water partition coefficient (Wildman–Crippen LogP) is 2.51. The number of rotatable bonds is 7. The van der Waals surface area contributed by atoms with Crippen molar-refractivity contribution in [1.29, 1.82) is 0 Å². The maximum atomic E-state index is 12.9. The Labute approximate surface area is 150 Å². The van der Waals surface area contributed by atoms with E-state index in [-0.39, 0.29) is 24.5 Å². The van der Waals surface area contributed by atoms with Crippen molar-refractivity contribution in [2.75, 3.05) is 27.4 Å². The summed E-state index contributed by atoms with van der Waals surface area (Å²) < 4.78 is 15.5. The number of ether oxygens (including phenoxy) is 2. The van der Waals surface area contributed by atoms with E-state index in [9.17, 15) is 14.7 Å². The van der Waals surface area contributed by atoms with Crippen molar-refractivity contribution < 1.29 is 28.6 Å². The molecule has 26 heavy (non-hydrogen) atoms. The number of nitrogens with zero attached hydrogens (tertiary/aromatic N) is 1. The molecule has 0 unspecified atom stereocenters. The third kappa shape index (κ3) is 3.09. The number of carbonyl (C=O) groups is 2. The lowest BCUT2D eigenvalue weighted by molar-refractivity contribution is -0.130. The fourth-order valence-electron chi connectivity index (χ4n) is 3.00. The molecule has 1 aliphatic rings. The second-order valence-electron chi connectivity index (χ2n) is 5.74. The zero-order valence-corrected chi connectivity index (χ0v) is 14.5. The molecule has 1 aliphatic heterocycles. The summed E-state index contributed by atoms with van der Waals surface area (Å²) in [7, 11) is 3.05. The molecule has 1 N–H and O–H groups in total. The SMILES string of the molecule is COCCN1C(=O)C(O)=C(C(=O)c2ccco2)[C@@H]1c1cccc(OC)c1. The number of Topliss-reactive ketones (excluding diaryl/α,β-unsaturated/α-hetero) is 1. The van der Waals surface area contributed by atoms with Gasteiger partial charge in [0.1, 0.15) is 5.75 Å². The fraction of sp³-hybridized carbons (Fsp3) is 0.263. The maximum absolute atomic E-state index is 12.9.